The van der Waals surface area contributed by atoms with Gasteiger partial charge >= 0.3 is 5.97 Å². The molecule has 2 aromatic carbocycles. The number of thioether (sulfide) groups is 1. The largest absolute Gasteiger partial charge is 0.481 e. The number of carboxylic acid groups (broad SMARTS) is 1. The van der Waals surface area contributed by atoms with E-state index in [1.807, 2.05) is 24.3 Å². The first-order chi connectivity index (χ1) is 13.4. The summed E-state index contributed by atoms with van der Waals surface area (Å²) >= 11 is 4.75. The Bertz CT molecular complexity index is 915. The second-order valence-corrected chi connectivity index (χ2v) is 8.10. The fourth-order valence-corrected chi connectivity index (χ4v) is 3.95. The number of halogens is 1. The number of carbonyl (C=O) groups excluding carboxylic acids is 1. The van der Waals surface area contributed by atoms with Gasteiger partial charge in [-0.25, -0.2) is 4.79 Å². The molecule has 1 fully saturated rings. The molecule has 1 aliphatic heterocycles. The molecule has 1 unspecified atom stereocenters. The second-order valence-electron chi connectivity index (χ2n) is 6.04. The van der Waals surface area contributed by atoms with Gasteiger partial charge in [-0.3, -0.25) is 4.79 Å². The van der Waals surface area contributed by atoms with Crippen molar-refractivity contribution in [3.8, 4) is 5.75 Å². The van der Waals surface area contributed by atoms with Crippen LogP contribution in [-0.4, -0.2) is 29.1 Å². The molecule has 28 heavy (non-hydrogen) atoms. The second kappa shape index (κ2) is 9.16. The Morgan fingerprint density at radius 2 is 2.07 bits per heavy atom. The predicted molar refractivity (Wildman–Crippen MR) is 114 cm³/mol. The zero-order valence-corrected chi connectivity index (χ0v) is 17.5. The van der Waals surface area contributed by atoms with Gasteiger partial charge in [0.2, 0.25) is 0 Å². The molecule has 0 bridgehead atoms. The molecule has 0 aromatic heterocycles. The van der Waals surface area contributed by atoms with Crippen molar-refractivity contribution in [3.05, 3.63) is 63.0 Å². The lowest BCUT2D eigenvalue weighted by atomic mass is 10.1. The van der Waals surface area contributed by atoms with Crippen LogP contribution in [0.5, 0.6) is 5.75 Å². The maximum atomic E-state index is 12.4. The standard InChI is InChI=1S/C20H19BrN2O4S/c1-2-12-3-6-15(7-4-12)22-20-23-19(26)17(28-20)10-13-9-14(21)5-8-16(13)27-11-18(24)25/h3-10,20,22H,2,11H2,1H3,(H,23,26)(H,24,25). The molecule has 1 amide bonds. The highest BCUT2D eigenvalue weighted by atomic mass is 79.9. The summed E-state index contributed by atoms with van der Waals surface area (Å²) in [6, 6.07) is 13.3. The van der Waals surface area contributed by atoms with Crippen LogP contribution in [0.15, 0.2) is 51.8 Å². The number of hydrogen-bond donors (Lipinski definition) is 3. The number of carboxylic acids is 1. The van der Waals surface area contributed by atoms with Crippen molar-refractivity contribution in [1.29, 1.82) is 0 Å². The number of ether oxygens (including phenoxy) is 1. The normalized spacial score (nSPS) is 17.4. The van der Waals surface area contributed by atoms with Crippen LogP contribution in [-0.2, 0) is 16.0 Å². The third-order valence-electron chi connectivity index (χ3n) is 4.00. The molecule has 3 N–H and O–H groups in total. The van der Waals surface area contributed by atoms with Crippen molar-refractivity contribution in [2.24, 2.45) is 0 Å². The molecular formula is C20H19BrN2O4S. The van der Waals surface area contributed by atoms with Crippen LogP contribution in [0.4, 0.5) is 5.69 Å². The zero-order valence-electron chi connectivity index (χ0n) is 15.1. The third kappa shape index (κ3) is 5.30. The molecule has 1 aliphatic rings. The lowest BCUT2D eigenvalue weighted by Gasteiger charge is -2.13. The Labute approximate surface area is 175 Å². The number of amides is 1. The highest BCUT2D eigenvalue weighted by Crippen LogP contribution is 2.33. The van der Waals surface area contributed by atoms with Crippen LogP contribution < -0.4 is 15.4 Å². The molecule has 1 heterocycles. The molecule has 2 aromatic rings. The smallest absolute Gasteiger partial charge is 0.341 e. The maximum Gasteiger partial charge on any atom is 0.341 e. The first-order valence-electron chi connectivity index (χ1n) is 8.63. The molecule has 0 aliphatic carbocycles. The van der Waals surface area contributed by atoms with Gasteiger partial charge in [-0.05, 0) is 48.4 Å². The van der Waals surface area contributed by atoms with Crippen LogP contribution >= 0.6 is 27.7 Å². The number of rotatable bonds is 7. The van der Waals surface area contributed by atoms with Crippen molar-refractivity contribution in [2.75, 3.05) is 11.9 Å². The number of hydrogen-bond acceptors (Lipinski definition) is 5. The summed E-state index contributed by atoms with van der Waals surface area (Å²) in [7, 11) is 0. The van der Waals surface area contributed by atoms with E-state index in [4.69, 9.17) is 9.84 Å². The van der Waals surface area contributed by atoms with Crippen LogP contribution in [0.3, 0.4) is 0 Å². The monoisotopic (exact) mass is 462 g/mol. The average molecular weight is 463 g/mol. The molecule has 146 valence electrons. The lowest BCUT2D eigenvalue weighted by Crippen LogP contribution is -2.30. The highest BCUT2D eigenvalue weighted by Gasteiger charge is 2.27. The Kier molecular flexibility index (Phi) is 6.64. The summed E-state index contributed by atoms with van der Waals surface area (Å²) in [5.41, 5.74) is 2.50. The summed E-state index contributed by atoms with van der Waals surface area (Å²) in [5.74, 6) is -0.859. The SMILES string of the molecule is CCc1ccc(NC2NC(=O)C(=Cc3cc(Br)ccc3OCC(=O)O)S2)cc1. The quantitative estimate of drug-likeness (QED) is 0.537. The van der Waals surface area contributed by atoms with Gasteiger partial charge in [-0.15, -0.1) is 0 Å². The number of aryl methyl sites for hydroxylation is 1. The Morgan fingerprint density at radius 1 is 1.32 bits per heavy atom. The Hall–Kier alpha value is -2.45. The molecule has 8 heteroatoms. The summed E-state index contributed by atoms with van der Waals surface area (Å²) in [5, 5.41) is 15.0. The Morgan fingerprint density at radius 3 is 2.75 bits per heavy atom. The average Bonchev–Trinajstić information content (AvgIpc) is 3.00. The van der Waals surface area contributed by atoms with Crippen LogP contribution in [0, 0.1) is 0 Å². The number of benzene rings is 2. The van der Waals surface area contributed by atoms with E-state index in [1.165, 1.54) is 17.3 Å². The Balaban J connectivity index is 1.74. The van der Waals surface area contributed by atoms with Gasteiger partial charge in [0.25, 0.3) is 5.91 Å². The predicted octanol–water partition coefficient (Wildman–Crippen LogP) is 4.07. The summed E-state index contributed by atoms with van der Waals surface area (Å²) in [6.07, 6.45) is 2.67. The highest BCUT2D eigenvalue weighted by molar-refractivity contribution is 9.10. The summed E-state index contributed by atoms with van der Waals surface area (Å²) in [6.45, 7) is 1.65. The maximum absolute atomic E-state index is 12.4. The number of carbonyl (C=O) groups is 2. The van der Waals surface area contributed by atoms with Crippen molar-refractivity contribution >= 4 is 51.3 Å². The van der Waals surface area contributed by atoms with Crippen LogP contribution in [0.2, 0.25) is 0 Å². The number of nitrogens with one attached hydrogen (secondary N) is 2. The van der Waals surface area contributed by atoms with Gasteiger partial charge in [0, 0.05) is 15.7 Å². The first kappa shape index (κ1) is 20.3. The first-order valence-corrected chi connectivity index (χ1v) is 10.3. The van der Waals surface area contributed by atoms with Gasteiger partial charge in [-0.2, -0.15) is 0 Å². The zero-order chi connectivity index (χ0) is 20.1. The van der Waals surface area contributed by atoms with E-state index in [2.05, 4.69) is 33.5 Å². The summed E-state index contributed by atoms with van der Waals surface area (Å²) < 4.78 is 6.12. The minimum atomic E-state index is -1.06. The van der Waals surface area contributed by atoms with E-state index in [-0.39, 0.29) is 11.4 Å². The van der Waals surface area contributed by atoms with E-state index >= 15 is 0 Å². The molecular weight excluding hydrogens is 444 g/mol. The minimum absolute atomic E-state index is 0.197. The fraction of sp³-hybridized carbons (Fsp3) is 0.200. The molecule has 1 atom stereocenters. The third-order valence-corrected chi connectivity index (χ3v) is 5.52. The van der Waals surface area contributed by atoms with Gasteiger partial charge in [0.1, 0.15) is 5.75 Å². The van der Waals surface area contributed by atoms with Gasteiger partial charge in [-0.1, -0.05) is 46.7 Å². The van der Waals surface area contributed by atoms with Crippen molar-refractivity contribution in [1.82, 2.24) is 5.32 Å². The molecule has 3 rings (SSSR count). The van der Waals surface area contributed by atoms with Gasteiger partial charge in [0.15, 0.2) is 12.1 Å². The van der Waals surface area contributed by atoms with Crippen LogP contribution in [0.25, 0.3) is 6.08 Å². The molecule has 0 saturated carbocycles. The molecule has 6 nitrogen and oxygen atoms in total. The van der Waals surface area contributed by atoms with Gasteiger partial charge in [0.05, 0.1) is 4.91 Å². The van der Waals surface area contributed by atoms with Crippen molar-refractivity contribution in [3.63, 3.8) is 0 Å². The van der Waals surface area contributed by atoms with E-state index in [9.17, 15) is 9.59 Å². The van der Waals surface area contributed by atoms with E-state index in [1.54, 1.807) is 24.3 Å². The molecule has 0 radical (unpaired) electrons. The molecule has 0 spiro atoms. The van der Waals surface area contributed by atoms with E-state index < -0.39 is 12.6 Å². The summed E-state index contributed by atoms with van der Waals surface area (Å²) in [4.78, 5) is 23.6. The fourth-order valence-electron chi connectivity index (χ4n) is 2.60. The van der Waals surface area contributed by atoms with E-state index in [0.29, 0.717) is 16.2 Å². The van der Waals surface area contributed by atoms with Crippen molar-refractivity contribution < 1.29 is 19.4 Å². The molecule has 1 saturated heterocycles. The van der Waals surface area contributed by atoms with Crippen LogP contribution in [0.1, 0.15) is 18.1 Å². The lowest BCUT2D eigenvalue weighted by molar-refractivity contribution is -0.139. The van der Waals surface area contributed by atoms with Crippen molar-refractivity contribution in [2.45, 2.75) is 18.8 Å². The minimum Gasteiger partial charge on any atom is -0.481 e. The number of aliphatic carboxylic acids is 1. The van der Waals surface area contributed by atoms with Gasteiger partial charge < -0.3 is 20.5 Å². The topological polar surface area (TPSA) is 87.7 Å². The number of anilines is 1. The van der Waals surface area contributed by atoms with E-state index in [0.717, 1.165) is 16.6 Å².